The summed E-state index contributed by atoms with van der Waals surface area (Å²) in [6.07, 6.45) is 7.98. The Hall–Kier alpha value is -2.63. The van der Waals surface area contributed by atoms with Crippen LogP contribution in [0.4, 0.5) is 0 Å². The van der Waals surface area contributed by atoms with Gasteiger partial charge in [0, 0.05) is 31.8 Å². The Morgan fingerprint density at radius 1 is 1.24 bits per heavy atom. The number of fused-ring (bicyclic) bond motifs is 1. The van der Waals surface area contributed by atoms with Crippen LogP contribution in [0.1, 0.15) is 31.6 Å². The molecule has 0 spiro atoms. The quantitative estimate of drug-likeness (QED) is 0.717. The molecule has 2 aromatic heterocycles. The van der Waals surface area contributed by atoms with Crippen LogP contribution >= 0.6 is 0 Å². The molecule has 3 heterocycles. The molecule has 4 rings (SSSR count). The first-order valence-corrected chi connectivity index (χ1v) is 8.91. The number of carbonyl (C=O) groups is 1. The molecule has 1 amide bonds. The fourth-order valence-electron chi connectivity index (χ4n) is 3.53. The van der Waals surface area contributed by atoms with Crippen molar-refractivity contribution in [3.63, 3.8) is 0 Å². The molecule has 130 valence electrons. The van der Waals surface area contributed by atoms with E-state index in [1.54, 1.807) is 6.20 Å². The number of rotatable bonds is 5. The molecule has 0 saturated carbocycles. The number of benzene rings is 1. The lowest BCUT2D eigenvalue weighted by Gasteiger charge is -2.35. The van der Waals surface area contributed by atoms with E-state index in [9.17, 15) is 4.79 Å². The number of amides is 1. The third-order valence-corrected chi connectivity index (χ3v) is 4.80. The largest absolute Gasteiger partial charge is 0.441 e. The van der Waals surface area contributed by atoms with Crippen LogP contribution in [-0.2, 0) is 17.8 Å². The third kappa shape index (κ3) is 3.57. The Labute approximate surface area is 146 Å². The number of nitrogens with zero attached hydrogens (tertiary/aromatic N) is 4. The molecule has 1 saturated heterocycles. The standard InChI is InChI=1S/C19H22N4O2/c24-19(10-9-18-21-16-7-1-2-8-17(16)25-18)23-13-4-3-6-15(23)14-22-12-5-11-20-22/h1-2,5,7-8,11-12,15H,3-4,6,9-10,13-14H2. The molecule has 1 atom stereocenters. The van der Waals surface area contributed by atoms with E-state index in [0.29, 0.717) is 18.7 Å². The summed E-state index contributed by atoms with van der Waals surface area (Å²) in [6, 6.07) is 9.84. The molecule has 0 bridgehead atoms. The lowest BCUT2D eigenvalue weighted by molar-refractivity contribution is -0.135. The first kappa shape index (κ1) is 15.9. The highest BCUT2D eigenvalue weighted by molar-refractivity contribution is 5.77. The van der Waals surface area contributed by atoms with Crippen LogP contribution in [0.2, 0.25) is 0 Å². The fraction of sp³-hybridized carbons (Fsp3) is 0.421. The van der Waals surface area contributed by atoms with Gasteiger partial charge in [-0.2, -0.15) is 5.10 Å². The Kier molecular flexibility index (Phi) is 4.50. The van der Waals surface area contributed by atoms with E-state index in [1.807, 2.05) is 46.1 Å². The molecule has 0 radical (unpaired) electrons. The van der Waals surface area contributed by atoms with E-state index in [-0.39, 0.29) is 11.9 Å². The van der Waals surface area contributed by atoms with Crippen molar-refractivity contribution in [3.05, 3.63) is 48.6 Å². The van der Waals surface area contributed by atoms with Crippen molar-refractivity contribution in [2.24, 2.45) is 0 Å². The molecule has 0 N–H and O–H groups in total. The molecule has 1 aromatic carbocycles. The molecular weight excluding hydrogens is 316 g/mol. The third-order valence-electron chi connectivity index (χ3n) is 4.80. The fourth-order valence-corrected chi connectivity index (χ4v) is 3.53. The van der Waals surface area contributed by atoms with E-state index in [2.05, 4.69) is 10.1 Å². The van der Waals surface area contributed by atoms with E-state index < -0.39 is 0 Å². The predicted octanol–water partition coefficient (Wildman–Crippen LogP) is 3.04. The number of oxazole rings is 1. The smallest absolute Gasteiger partial charge is 0.223 e. The van der Waals surface area contributed by atoms with Crippen molar-refractivity contribution in [3.8, 4) is 0 Å². The number of para-hydroxylation sites is 2. The molecule has 1 aliphatic rings. The molecular formula is C19H22N4O2. The zero-order chi connectivity index (χ0) is 17.1. The summed E-state index contributed by atoms with van der Waals surface area (Å²) in [5.74, 6) is 0.814. The summed E-state index contributed by atoms with van der Waals surface area (Å²) in [5, 5.41) is 4.28. The van der Waals surface area contributed by atoms with Gasteiger partial charge in [-0.05, 0) is 37.5 Å². The second kappa shape index (κ2) is 7.09. The van der Waals surface area contributed by atoms with Gasteiger partial charge < -0.3 is 9.32 Å². The first-order chi connectivity index (χ1) is 12.3. The second-order valence-electron chi connectivity index (χ2n) is 6.54. The van der Waals surface area contributed by atoms with Gasteiger partial charge in [0.2, 0.25) is 5.91 Å². The average Bonchev–Trinajstić information content (AvgIpc) is 3.29. The highest BCUT2D eigenvalue weighted by atomic mass is 16.3. The normalized spacial score (nSPS) is 17.9. The minimum atomic E-state index is 0.180. The van der Waals surface area contributed by atoms with Crippen LogP contribution in [0.3, 0.4) is 0 Å². The topological polar surface area (TPSA) is 64.2 Å². The van der Waals surface area contributed by atoms with Crippen LogP contribution < -0.4 is 0 Å². The van der Waals surface area contributed by atoms with Crippen molar-refractivity contribution in [2.75, 3.05) is 6.54 Å². The van der Waals surface area contributed by atoms with Gasteiger partial charge in [-0.1, -0.05) is 12.1 Å². The van der Waals surface area contributed by atoms with Gasteiger partial charge in [0.25, 0.3) is 0 Å². The Morgan fingerprint density at radius 3 is 3.00 bits per heavy atom. The lowest BCUT2D eigenvalue weighted by atomic mass is 10.0. The van der Waals surface area contributed by atoms with Crippen molar-refractivity contribution in [2.45, 2.75) is 44.7 Å². The number of aromatic nitrogens is 3. The van der Waals surface area contributed by atoms with E-state index in [1.165, 1.54) is 6.42 Å². The monoisotopic (exact) mass is 338 g/mol. The molecule has 1 aliphatic heterocycles. The first-order valence-electron chi connectivity index (χ1n) is 8.91. The summed E-state index contributed by atoms with van der Waals surface area (Å²) in [6.45, 7) is 1.60. The summed E-state index contributed by atoms with van der Waals surface area (Å²) in [7, 11) is 0. The van der Waals surface area contributed by atoms with Gasteiger partial charge in [-0.3, -0.25) is 9.48 Å². The molecule has 1 unspecified atom stereocenters. The summed E-state index contributed by atoms with van der Waals surface area (Å²) in [5.41, 5.74) is 1.62. The number of piperidine rings is 1. The summed E-state index contributed by atoms with van der Waals surface area (Å²) in [4.78, 5) is 19.2. The number of likely N-dealkylation sites (tertiary alicyclic amines) is 1. The van der Waals surface area contributed by atoms with Crippen LogP contribution in [-0.4, -0.2) is 38.2 Å². The molecule has 6 nitrogen and oxygen atoms in total. The molecule has 3 aromatic rings. The van der Waals surface area contributed by atoms with Gasteiger partial charge >= 0.3 is 0 Å². The maximum atomic E-state index is 12.8. The molecule has 0 aliphatic carbocycles. The van der Waals surface area contributed by atoms with E-state index >= 15 is 0 Å². The van der Waals surface area contributed by atoms with Crippen LogP contribution in [0.25, 0.3) is 11.1 Å². The highest BCUT2D eigenvalue weighted by Crippen LogP contribution is 2.21. The number of hydrogen-bond acceptors (Lipinski definition) is 4. The van der Waals surface area contributed by atoms with Gasteiger partial charge in [0.15, 0.2) is 11.5 Å². The summed E-state index contributed by atoms with van der Waals surface area (Å²) < 4.78 is 7.64. The van der Waals surface area contributed by atoms with Crippen molar-refractivity contribution in [1.29, 1.82) is 0 Å². The summed E-state index contributed by atoms with van der Waals surface area (Å²) >= 11 is 0. The molecule has 25 heavy (non-hydrogen) atoms. The maximum Gasteiger partial charge on any atom is 0.223 e. The molecule has 1 fully saturated rings. The minimum Gasteiger partial charge on any atom is -0.441 e. The Balaban J connectivity index is 1.39. The van der Waals surface area contributed by atoms with Crippen molar-refractivity contribution in [1.82, 2.24) is 19.7 Å². The van der Waals surface area contributed by atoms with Crippen LogP contribution in [0, 0.1) is 0 Å². The predicted molar refractivity (Wildman–Crippen MR) is 93.9 cm³/mol. The maximum absolute atomic E-state index is 12.8. The average molecular weight is 338 g/mol. The van der Waals surface area contributed by atoms with Gasteiger partial charge in [-0.15, -0.1) is 0 Å². The zero-order valence-electron chi connectivity index (χ0n) is 14.2. The van der Waals surface area contributed by atoms with Gasteiger partial charge in [0.05, 0.1) is 12.6 Å². The Morgan fingerprint density at radius 2 is 2.16 bits per heavy atom. The van der Waals surface area contributed by atoms with E-state index in [0.717, 1.165) is 37.0 Å². The highest BCUT2D eigenvalue weighted by Gasteiger charge is 2.27. The van der Waals surface area contributed by atoms with Crippen molar-refractivity contribution >= 4 is 17.0 Å². The minimum absolute atomic E-state index is 0.180. The van der Waals surface area contributed by atoms with Crippen LogP contribution in [0.5, 0.6) is 0 Å². The van der Waals surface area contributed by atoms with Gasteiger partial charge in [-0.25, -0.2) is 4.98 Å². The molecule has 6 heteroatoms. The lowest BCUT2D eigenvalue weighted by Crippen LogP contribution is -2.46. The zero-order valence-corrected chi connectivity index (χ0v) is 14.2. The second-order valence-corrected chi connectivity index (χ2v) is 6.54. The number of hydrogen-bond donors (Lipinski definition) is 0. The Bertz CT molecular complexity index is 807. The van der Waals surface area contributed by atoms with E-state index in [4.69, 9.17) is 4.42 Å². The number of carbonyl (C=O) groups excluding carboxylic acids is 1. The van der Waals surface area contributed by atoms with Gasteiger partial charge in [0.1, 0.15) is 5.52 Å². The van der Waals surface area contributed by atoms with Crippen LogP contribution in [0.15, 0.2) is 47.1 Å². The SMILES string of the molecule is O=C(CCc1nc2ccccc2o1)N1CCCCC1Cn1cccn1. The number of aryl methyl sites for hydroxylation is 1. The van der Waals surface area contributed by atoms with Crippen molar-refractivity contribution < 1.29 is 9.21 Å².